The fraction of sp³-hybridized carbons (Fsp3) is 0. The molecule has 0 aliphatic carbocycles. The molecule has 0 radical (unpaired) electrons. The average Bonchev–Trinajstić information content (AvgIpc) is 1.99. The first-order valence-corrected chi connectivity index (χ1v) is 3.94. The van der Waals surface area contributed by atoms with Crippen LogP contribution in [0, 0.1) is 5.82 Å². The summed E-state index contributed by atoms with van der Waals surface area (Å²) < 4.78 is 13.5. The van der Waals surface area contributed by atoms with E-state index in [-0.39, 0.29) is 10.7 Å². The van der Waals surface area contributed by atoms with E-state index in [4.69, 9.17) is 17.4 Å². The molecule has 0 aliphatic rings. The molecule has 0 heterocycles. The van der Waals surface area contributed by atoms with Crippen molar-refractivity contribution in [3.8, 4) is 0 Å². The summed E-state index contributed by atoms with van der Waals surface area (Å²) in [6, 6.07) is 3.06. The van der Waals surface area contributed by atoms with Crippen LogP contribution in [-0.2, 0) is 0 Å². The van der Waals surface area contributed by atoms with Gasteiger partial charge in [-0.05, 0) is 28.1 Å². The molecule has 1 aromatic carbocycles. The number of halogens is 3. The van der Waals surface area contributed by atoms with Crippen molar-refractivity contribution in [2.75, 3.05) is 5.43 Å². The van der Waals surface area contributed by atoms with E-state index in [0.717, 1.165) is 0 Å². The van der Waals surface area contributed by atoms with Crippen LogP contribution in [0.15, 0.2) is 16.6 Å². The summed E-state index contributed by atoms with van der Waals surface area (Å²) in [4.78, 5) is 0. The Morgan fingerprint density at radius 2 is 2.18 bits per heavy atom. The van der Waals surface area contributed by atoms with E-state index in [1.807, 2.05) is 0 Å². The van der Waals surface area contributed by atoms with Gasteiger partial charge in [-0.1, -0.05) is 11.6 Å². The zero-order chi connectivity index (χ0) is 8.43. The highest BCUT2D eigenvalue weighted by Gasteiger charge is 2.08. The molecule has 0 bridgehead atoms. The number of nitrogen functional groups attached to an aromatic ring is 1. The highest BCUT2D eigenvalue weighted by atomic mass is 79.9. The maximum Gasteiger partial charge on any atom is 0.167 e. The lowest BCUT2D eigenvalue weighted by Crippen LogP contribution is -2.09. The van der Waals surface area contributed by atoms with Crippen LogP contribution >= 0.6 is 27.5 Å². The predicted octanol–water partition coefficient (Wildman–Crippen LogP) is 2.53. The molecule has 2 nitrogen and oxygen atoms in total. The van der Waals surface area contributed by atoms with Crippen LogP contribution in [0.1, 0.15) is 0 Å². The van der Waals surface area contributed by atoms with Gasteiger partial charge in [0.15, 0.2) is 5.82 Å². The number of hydrazine groups is 1. The Hall–Kier alpha value is -0.320. The van der Waals surface area contributed by atoms with Gasteiger partial charge < -0.3 is 5.43 Å². The second kappa shape index (κ2) is 3.38. The van der Waals surface area contributed by atoms with Crippen molar-refractivity contribution >= 4 is 33.2 Å². The van der Waals surface area contributed by atoms with Crippen LogP contribution in [0.3, 0.4) is 0 Å². The third-order valence-electron chi connectivity index (χ3n) is 1.19. The standard InChI is InChI=1S/C6H5BrClFN2/c7-3-1-2-4(8)5(9)6(3)11-10/h1-2,11H,10H2. The van der Waals surface area contributed by atoms with Gasteiger partial charge >= 0.3 is 0 Å². The van der Waals surface area contributed by atoms with Gasteiger partial charge in [0, 0.05) is 4.47 Å². The molecule has 60 valence electrons. The van der Waals surface area contributed by atoms with Crippen molar-refractivity contribution in [3.63, 3.8) is 0 Å². The molecule has 11 heavy (non-hydrogen) atoms. The molecular formula is C6H5BrClFN2. The topological polar surface area (TPSA) is 38.0 Å². The normalized spacial score (nSPS) is 9.82. The first-order valence-electron chi connectivity index (χ1n) is 2.77. The molecule has 0 aliphatic heterocycles. The molecule has 0 spiro atoms. The molecule has 0 fully saturated rings. The van der Waals surface area contributed by atoms with Crippen LogP contribution in [0.4, 0.5) is 10.1 Å². The third-order valence-corrected chi connectivity index (χ3v) is 2.14. The van der Waals surface area contributed by atoms with Gasteiger partial charge in [0.05, 0.1) is 5.02 Å². The van der Waals surface area contributed by atoms with Crippen molar-refractivity contribution < 1.29 is 4.39 Å². The number of benzene rings is 1. The number of anilines is 1. The van der Waals surface area contributed by atoms with E-state index < -0.39 is 5.82 Å². The van der Waals surface area contributed by atoms with E-state index in [2.05, 4.69) is 21.4 Å². The van der Waals surface area contributed by atoms with E-state index >= 15 is 0 Å². The van der Waals surface area contributed by atoms with Gasteiger partial charge in [0.2, 0.25) is 0 Å². The largest absolute Gasteiger partial charge is 0.321 e. The lowest BCUT2D eigenvalue weighted by Gasteiger charge is -2.04. The summed E-state index contributed by atoms with van der Waals surface area (Å²) in [6.07, 6.45) is 0. The Morgan fingerprint density at radius 1 is 1.55 bits per heavy atom. The maximum atomic E-state index is 13.0. The second-order valence-corrected chi connectivity index (χ2v) is 3.12. The smallest absolute Gasteiger partial charge is 0.167 e. The summed E-state index contributed by atoms with van der Waals surface area (Å²) in [5.41, 5.74) is 2.36. The molecule has 0 atom stereocenters. The van der Waals surface area contributed by atoms with Gasteiger partial charge in [-0.25, -0.2) is 4.39 Å². The lowest BCUT2D eigenvalue weighted by atomic mass is 10.3. The summed E-state index contributed by atoms with van der Waals surface area (Å²) >= 11 is 8.57. The Labute approximate surface area is 76.6 Å². The first kappa shape index (κ1) is 8.77. The predicted molar refractivity (Wildman–Crippen MR) is 46.9 cm³/mol. The van der Waals surface area contributed by atoms with Gasteiger partial charge in [0.1, 0.15) is 5.69 Å². The van der Waals surface area contributed by atoms with Crippen molar-refractivity contribution in [1.82, 2.24) is 0 Å². The number of hydrogen-bond donors (Lipinski definition) is 2. The van der Waals surface area contributed by atoms with Gasteiger partial charge in [-0.3, -0.25) is 5.84 Å². The molecule has 3 N–H and O–H groups in total. The summed E-state index contributed by atoms with van der Waals surface area (Å²) in [5, 5.41) is 0.0427. The Balaban J connectivity index is 3.29. The number of rotatable bonds is 1. The van der Waals surface area contributed by atoms with Gasteiger partial charge in [0.25, 0.3) is 0 Å². The molecule has 0 saturated heterocycles. The van der Waals surface area contributed by atoms with E-state index in [1.165, 1.54) is 6.07 Å². The van der Waals surface area contributed by atoms with Crippen molar-refractivity contribution in [2.24, 2.45) is 5.84 Å². The average molecular weight is 239 g/mol. The molecule has 1 aromatic rings. The zero-order valence-corrected chi connectivity index (χ0v) is 7.71. The SMILES string of the molecule is NNc1c(Br)ccc(Cl)c1F. The molecular weight excluding hydrogens is 234 g/mol. The Kier molecular flexibility index (Phi) is 2.70. The van der Waals surface area contributed by atoms with Crippen LogP contribution in [0.25, 0.3) is 0 Å². The van der Waals surface area contributed by atoms with Gasteiger partial charge in [-0.2, -0.15) is 0 Å². The van der Waals surface area contributed by atoms with Crippen LogP contribution in [-0.4, -0.2) is 0 Å². The molecule has 0 aromatic heterocycles. The van der Waals surface area contributed by atoms with Crippen molar-refractivity contribution in [3.05, 3.63) is 27.4 Å². The molecule has 0 saturated carbocycles. The molecule has 0 unspecified atom stereocenters. The van der Waals surface area contributed by atoms with Gasteiger partial charge in [-0.15, -0.1) is 0 Å². The number of nitrogens with one attached hydrogen (secondary N) is 1. The summed E-state index contributed by atoms with van der Waals surface area (Å²) in [7, 11) is 0. The van der Waals surface area contributed by atoms with Crippen molar-refractivity contribution in [1.29, 1.82) is 0 Å². The minimum atomic E-state index is -0.552. The minimum Gasteiger partial charge on any atom is -0.321 e. The zero-order valence-electron chi connectivity index (χ0n) is 5.37. The van der Waals surface area contributed by atoms with Crippen molar-refractivity contribution in [2.45, 2.75) is 0 Å². The summed E-state index contributed by atoms with van der Waals surface area (Å²) in [5.74, 6) is 4.49. The first-order chi connectivity index (χ1) is 5.16. The fourth-order valence-corrected chi connectivity index (χ4v) is 1.24. The fourth-order valence-electron chi connectivity index (χ4n) is 0.659. The second-order valence-electron chi connectivity index (χ2n) is 1.86. The highest BCUT2D eigenvalue weighted by Crippen LogP contribution is 2.29. The highest BCUT2D eigenvalue weighted by molar-refractivity contribution is 9.10. The molecule has 1 rings (SSSR count). The minimum absolute atomic E-state index is 0.0427. The molecule has 0 amide bonds. The molecule has 5 heteroatoms. The quantitative estimate of drug-likeness (QED) is 0.449. The van der Waals surface area contributed by atoms with E-state index in [1.54, 1.807) is 6.07 Å². The monoisotopic (exact) mass is 238 g/mol. The number of hydrogen-bond acceptors (Lipinski definition) is 2. The van der Waals surface area contributed by atoms with E-state index in [9.17, 15) is 4.39 Å². The Morgan fingerprint density at radius 3 is 2.64 bits per heavy atom. The third kappa shape index (κ3) is 1.64. The van der Waals surface area contributed by atoms with Crippen LogP contribution < -0.4 is 11.3 Å². The van der Waals surface area contributed by atoms with Crippen LogP contribution in [0.5, 0.6) is 0 Å². The number of nitrogens with two attached hydrogens (primary N) is 1. The van der Waals surface area contributed by atoms with E-state index in [0.29, 0.717) is 4.47 Å². The van der Waals surface area contributed by atoms with Crippen LogP contribution in [0.2, 0.25) is 5.02 Å². The lowest BCUT2D eigenvalue weighted by molar-refractivity contribution is 0.630. The summed E-state index contributed by atoms with van der Waals surface area (Å²) in [6.45, 7) is 0. The Bertz CT molecular complexity index is 280. The maximum absolute atomic E-state index is 13.0.